The third-order valence-corrected chi connectivity index (χ3v) is 4.10. The monoisotopic (exact) mass is 349 g/mol. The molecule has 0 saturated carbocycles. The summed E-state index contributed by atoms with van der Waals surface area (Å²) in [7, 11) is 0. The zero-order valence-corrected chi connectivity index (χ0v) is 14.2. The van der Waals surface area contributed by atoms with Crippen molar-refractivity contribution in [2.24, 2.45) is 0 Å². The second-order valence-electron chi connectivity index (χ2n) is 5.64. The van der Waals surface area contributed by atoms with Gasteiger partial charge in [-0.1, -0.05) is 41.9 Å². The number of nitrogens with one attached hydrogen (secondary N) is 1. The summed E-state index contributed by atoms with van der Waals surface area (Å²) in [6.45, 7) is 1.14. The van der Waals surface area contributed by atoms with Gasteiger partial charge in [0.25, 0.3) is 5.56 Å². The molecule has 124 valence electrons. The van der Waals surface area contributed by atoms with Gasteiger partial charge in [-0.15, -0.1) is 0 Å². The Labute approximate surface area is 150 Å². The van der Waals surface area contributed by atoms with E-state index in [0.29, 0.717) is 23.7 Å². The van der Waals surface area contributed by atoms with Crippen molar-refractivity contribution in [2.75, 3.05) is 5.32 Å². The van der Waals surface area contributed by atoms with Crippen LogP contribution in [0.25, 0.3) is 0 Å². The molecule has 5 heteroatoms. The third-order valence-electron chi connectivity index (χ3n) is 3.86. The molecule has 0 unspecified atom stereocenters. The maximum atomic E-state index is 11.8. The van der Waals surface area contributed by atoms with E-state index in [1.54, 1.807) is 41.1 Å². The number of rotatable bonds is 5. The van der Waals surface area contributed by atoms with Gasteiger partial charge in [0, 0.05) is 23.8 Å². The maximum Gasteiger partial charge on any atom is 0.250 e. The first-order valence-electron chi connectivity index (χ1n) is 7.82. The Bertz CT molecular complexity index is 971. The minimum absolute atomic E-state index is 0.0139. The van der Waals surface area contributed by atoms with Crippen molar-refractivity contribution in [1.82, 2.24) is 4.57 Å². The topological polar surface area (TPSA) is 57.8 Å². The van der Waals surface area contributed by atoms with E-state index in [1.165, 1.54) is 0 Å². The van der Waals surface area contributed by atoms with Crippen LogP contribution in [0.1, 0.15) is 16.7 Å². The van der Waals surface area contributed by atoms with Crippen LogP contribution in [-0.2, 0) is 13.1 Å². The Morgan fingerprint density at radius 2 is 1.80 bits per heavy atom. The zero-order valence-electron chi connectivity index (χ0n) is 13.4. The molecular formula is C20H16ClN3O. The summed E-state index contributed by atoms with van der Waals surface area (Å²) < 4.78 is 1.67. The van der Waals surface area contributed by atoms with Crippen LogP contribution in [0.2, 0.25) is 5.02 Å². The number of anilines is 1. The molecule has 0 amide bonds. The van der Waals surface area contributed by atoms with Gasteiger partial charge < -0.3 is 9.88 Å². The van der Waals surface area contributed by atoms with Gasteiger partial charge in [-0.25, -0.2) is 0 Å². The van der Waals surface area contributed by atoms with Crippen LogP contribution >= 0.6 is 11.6 Å². The van der Waals surface area contributed by atoms with Crippen LogP contribution in [-0.4, -0.2) is 4.57 Å². The van der Waals surface area contributed by atoms with Gasteiger partial charge >= 0.3 is 0 Å². The van der Waals surface area contributed by atoms with E-state index in [9.17, 15) is 4.79 Å². The molecule has 0 radical (unpaired) electrons. The lowest BCUT2D eigenvalue weighted by Crippen LogP contribution is -2.18. The highest BCUT2D eigenvalue weighted by Gasteiger charge is 2.03. The fourth-order valence-electron chi connectivity index (χ4n) is 2.51. The van der Waals surface area contributed by atoms with Crippen molar-refractivity contribution in [2.45, 2.75) is 13.1 Å². The summed E-state index contributed by atoms with van der Waals surface area (Å²) in [5, 5.41) is 13.0. The lowest BCUT2D eigenvalue weighted by atomic mass is 10.1. The number of nitriles is 1. The van der Waals surface area contributed by atoms with Gasteiger partial charge in [-0.2, -0.15) is 5.26 Å². The molecule has 3 aromatic rings. The van der Waals surface area contributed by atoms with Gasteiger partial charge in [0.05, 0.1) is 17.8 Å². The number of halogens is 1. The molecule has 0 atom stereocenters. The first-order chi connectivity index (χ1) is 12.2. The fourth-order valence-corrected chi connectivity index (χ4v) is 2.68. The Kier molecular flexibility index (Phi) is 5.17. The van der Waals surface area contributed by atoms with E-state index in [1.807, 2.05) is 30.3 Å². The molecule has 4 nitrogen and oxygen atoms in total. The standard InChI is InChI=1S/C20H16ClN3O/c21-18-8-9-19(17(11-18)12-22)23-13-15-4-6-16(7-5-15)14-24-10-2-1-3-20(24)25/h1-11,23H,13-14H2. The molecule has 0 aliphatic heterocycles. The molecule has 0 aliphatic rings. The molecule has 0 saturated heterocycles. The molecule has 0 spiro atoms. The number of benzene rings is 2. The largest absolute Gasteiger partial charge is 0.380 e. The second kappa shape index (κ2) is 7.69. The zero-order chi connectivity index (χ0) is 17.6. The molecule has 0 aliphatic carbocycles. The van der Waals surface area contributed by atoms with Crippen molar-refractivity contribution in [1.29, 1.82) is 5.26 Å². The van der Waals surface area contributed by atoms with E-state index in [4.69, 9.17) is 16.9 Å². The lowest BCUT2D eigenvalue weighted by Gasteiger charge is -2.10. The van der Waals surface area contributed by atoms with Gasteiger partial charge in [0.15, 0.2) is 0 Å². The van der Waals surface area contributed by atoms with Crippen LogP contribution < -0.4 is 10.9 Å². The Morgan fingerprint density at radius 1 is 1.04 bits per heavy atom. The fraction of sp³-hybridized carbons (Fsp3) is 0.100. The average Bonchev–Trinajstić information content (AvgIpc) is 2.63. The van der Waals surface area contributed by atoms with Crippen LogP contribution in [0.3, 0.4) is 0 Å². The minimum Gasteiger partial charge on any atom is -0.380 e. The van der Waals surface area contributed by atoms with Gasteiger partial charge in [0.1, 0.15) is 6.07 Å². The maximum absolute atomic E-state index is 11.8. The summed E-state index contributed by atoms with van der Waals surface area (Å²) in [5.74, 6) is 0. The van der Waals surface area contributed by atoms with Crippen LogP contribution in [0.4, 0.5) is 5.69 Å². The summed E-state index contributed by atoms with van der Waals surface area (Å²) in [6, 6.07) is 20.5. The predicted octanol–water partition coefficient (Wildman–Crippen LogP) is 4.03. The predicted molar refractivity (Wildman–Crippen MR) is 99.7 cm³/mol. The molecule has 3 rings (SSSR count). The van der Waals surface area contributed by atoms with Crippen molar-refractivity contribution in [3.63, 3.8) is 0 Å². The molecule has 0 fully saturated rings. The number of hydrogen-bond acceptors (Lipinski definition) is 3. The van der Waals surface area contributed by atoms with Crippen LogP contribution in [0.15, 0.2) is 71.7 Å². The SMILES string of the molecule is N#Cc1cc(Cl)ccc1NCc1ccc(Cn2ccccc2=O)cc1. The molecule has 2 aromatic carbocycles. The summed E-state index contributed by atoms with van der Waals surface area (Å²) in [5.41, 5.74) is 3.41. The van der Waals surface area contributed by atoms with Crippen molar-refractivity contribution >= 4 is 17.3 Å². The quantitative estimate of drug-likeness (QED) is 0.756. The number of pyridine rings is 1. The first kappa shape index (κ1) is 16.8. The number of hydrogen-bond donors (Lipinski definition) is 1. The molecule has 1 heterocycles. The van der Waals surface area contributed by atoms with Gasteiger partial charge in [-0.3, -0.25) is 4.79 Å². The Morgan fingerprint density at radius 3 is 2.52 bits per heavy atom. The van der Waals surface area contributed by atoms with Crippen LogP contribution in [0.5, 0.6) is 0 Å². The minimum atomic E-state index is -0.0139. The molecule has 1 aromatic heterocycles. The summed E-state index contributed by atoms with van der Waals surface area (Å²) in [4.78, 5) is 11.8. The van der Waals surface area contributed by atoms with E-state index >= 15 is 0 Å². The first-order valence-corrected chi connectivity index (χ1v) is 8.20. The highest BCUT2D eigenvalue weighted by Crippen LogP contribution is 2.20. The highest BCUT2D eigenvalue weighted by atomic mass is 35.5. The van der Waals surface area contributed by atoms with Gasteiger partial charge in [-0.05, 0) is 35.4 Å². The summed E-state index contributed by atoms with van der Waals surface area (Å²) >= 11 is 5.90. The van der Waals surface area contributed by atoms with Crippen molar-refractivity contribution in [3.05, 3.63) is 98.9 Å². The molecule has 1 N–H and O–H groups in total. The highest BCUT2D eigenvalue weighted by molar-refractivity contribution is 6.30. The van der Waals surface area contributed by atoms with Crippen molar-refractivity contribution < 1.29 is 0 Å². The smallest absolute Gasteiger partial charge is 0.250 e. The normalized spacial score (nSPS) is 10.2. The van der Waals surface area contributed by atoms with Crippen LogP contribution in [0, 0.1) is 11.3 Å². The number of nitrogens with zero attached hydrogens (tertiary/aromatic N) is 2. The van der Waals surface area contributed by atoms with Crippen molar-refractivity contribution in [3.8, 4) is 6.07 Å². The third kappa shape index (κ3) is 4.28. The van der Waals surface area contributed by atoms with E-state index in [0.717, 1.165) is 16.8 Å². The summed E-state index contributed by atoms with van der Waals surface area (Å²) in [6.07, 6.45) is 1.78. The van der Waals surface area contributed by atoms with E-state index in [-0.39, 0.29) is 5.56 Å². The lowest BCUT2D eigenvalue weighted by molar-refractivity contribution is 0.759. The van der Waals surface area contributed by atoms with E-state index < -0.39 is 0 Å². The van der Waals surface area contributed by atoms with Gasteiger partial charge in [0.2, 0.25) is 0 Å². The average molecular weight is 350 g/mol. The Balaban J connectivity index is 1.66. The van der Waals surface area contributed by atoms with E-state index in [2.05, 4.69) is 11.4 Å². The molecule has 25 heavy (non-hydrogen) atoms. The molecule has 0 bridgehead atoms. The number of aromatic nitrogens is 1. The molecular weight excluding hydrogens is 334 g/mol. The Hall–Kier alpha value is -3.03. The second-order valence-corrected chi connectivity index (χ2v) is 6.07.